The molecule has 0 bridgehead atoms. The number of carbonyl (C=O) groups is 1. The number of halogens is 3. The number of ether oxygens (including phenoxy) is 2. The molecule has 1 rings (SSSR count). The van der Waals surface area contributed by atoms with Crippen molar-refractivity contribution in [1.29, 1.82) is 0 Å². The Kier molecular flexibility index (Phi) is 5.66. The number of hydrogen-bond donors (Lipinski definition) is 0. The normalized spacial score (nSPS) is 11.2. The summed E-state index contributed by atoms with van der Waals surface area (Å²) in [4.78, 5) is 11.4. The van der Waals surface area contributed by atoms with Crippen LogP contribution in [0.1, 0.15) is 30.1 Å². The average Bonchev–Trinajstić information content (AvgIpc) is 2.34. The van der Waals surface area contributed by atoms with Gasteiger partial charge in [0.15, 0.2) is 0 Å². The van der Waals surface area contributed by atoms with Crippen molar-refractivity contribution < 1.29 is 27.4 Å². The first kappa shape index (κ1) is 15.3. The third-order valence-electron chi connectivity index (χ3n) is 2.22. The van der Waals surface area contributed by atoms with Crippen molar-refractivity contribution in [3.8, 4) is 5.75 Å². The van der Waals surface area contributed by atoms with Gasteiger partial charge in [0, 0.05) is 6.42 Å². The molecule has 0 aliphatic rings. The van der Waals surface area contributed by atoms with Crippen molar-refractivity contribution in [3.63, 3.8) is 0 Å². The molecule has 0 atom stereocenters. The van der Waals surface area contributed by atoms with Crippen LogP contribution in [0.4, 0.5) is 13.2 Å². The predicted molar refractivity (Wildman–Crippen MR) is 63.2 cm³/mol. The van der Waals surface area contributed by atoms with E-state index >= 15 is 0 Å². The molecule has 6 heteroatoms. The van der Waals surface area contributed by atoms with Crippen molar-refractivity contribution in [2.75, 3.05) is 13.2 Å². The third-order valence-corrected chi connectivity index (χ3v) is 2.22. The van der Waals surface area contributed by atoms with Crippen LogP contribution in [0.2, 0.25) is 0 Å². The Morgan fingerprint density at radius 2 is 2.05 bits per heavy atom. The molecule has 3 nitrogen and oxygen atoms in total. The Bertz CT molecular complexity index is 416. The average molecular weight is 276 g/mol. The van der Waals surface area contributed by atoms with Gasteiger partial charge in [0.2, 0.25) is 0 Å². The maximum absolute atomic E-state index is 11.9. The van der Waals surface area contributed by atoms with Gasteiger partial charge in [-0.2, -0.15) is 13.2 Å². The summed E-state index contributed by atoms with van der Waals surface area (Å²) in [5.41, 5.74) is 0.315. The molecule has 0 saturated carbocycles. The third kappa shape index (κ3) is 6.13. The van der Waals surface area contributed by atoms with Crippen LogP contribution in [-0.4, -0.2) is 25.4 Å². The lowest BCUT2D eigenvalue weighted by Gasteiger charge is -2.09. The largest absolute Gasteiger partial charge is 0.494 e. The molecule has 0 amide bonds. The molecule has 0 aromatic heterocycles. The summed E-state index contributed by atoms with van der Waals surface area (Å²) in [6.07, 6.45) is -5.17. The number of benzene rings is 1. The Hall–Kier alpha value is -1.72. The zero-order valence-electron chi connectivity index (χ0n) is 10.5. The van der Waals surface area contributed by atoms with Gasteiger partial charge in [-0.05, 0) is 31.5 Å². The first-order chi connectivity index (χ1) is 8.92. The minimum absolute atomic E-state index is 0.0498. The first-order valence-corrected chi connectivity index (χ1v) is 5.89. The van der Waals surface area contributed by atoms with Gasteiger partial charge < -0.3 is 9.47 Å². The van der Waals surface area contributed by atoms with Gasteiger partial charge in [-0.25, -0.2) is 4.79 Å². The van der Waals surface area contributed by atoms with Gasteiger partial charge >= 0.3 is 12.1 Å². The number of esters is 1. The Balaban J connectivity index is 2.46. The van der Waals surface area contributed by atoms with E-state index in [4.69, 9.17) is 9.47 Å². The van der Waals surface area contributed by atoms with Crippen molar-refractivity contribution in [2.24, 2.45) is 0 Å². The van der Waals surface area contributed by atoms with E-state index in [1.807, 2.05) is 0 Å². The highest BCUT2D eigenvalue weighted by molar-refractivity contribution is 5.89. The van der Waals surface area contributed by atoms with Gasteiger partial charge in [-0.1, -0.05) is 6.07 Å². The van der Waals surface area contributed by atoms with Crippen molar-refractivity contribution >= 4 is 5.97 Å². The summed E-state index contributed by atoms with van der Waals surface area (Å²) in [5.74, 6) is -0.129. The van der Waals surface area contributed by atoms with Gasteiger partial charge in [-0.15, -0.1) is 0 Å². The molecule has 0 N–H and O–H groups in total. The summed E-state index contributed by atoms with van der Waals surface area (Å²) in [6.45, 7) is 1.90. The molecule has 0 spiro atoms. The van der Waals surface area contributed by atoms with E-state index in [0.717, 1.165) is 0 Å². The maximum atomic E-state index is 11.9. The summed E-state index contributed by atoms with van der Waals surface area (Å²) >= 11 is 0. The molecule has 0 aliphatic heterocycles. The Morgan fingerprint density at radius 1 is 1.32 bits per heavy atom. The van der Waals surface area contributed by atoms with Crippen LogP contribution in [0.3, 0.4) is 0 Å². The van der Waals surface area contributed by atoms with Gasteiger partial charge in [-0.3, -0.25) is 0 Å². The lowest BCUT2D eigenvalue weighted by atomic mass is 10.2. The van der Waals surface area contributed by atoms with E-state index in [1.165, 1.54) is 6.07 Å². The van der Waals surface area contributed by atoms with E-state index in [2.05, 4.69) is 0 Å². The van der Waals surface area contributed by atoms with Crippen LogP contribution >= 0.6 is 0 Å². The van der Waals surface area contributed by atoms with E-state index in [-0.39, 0.29) is 19.6 Å². The van der Waals surface area contributed by atoms with Crippen LogP contribution in [0.25, 0.3) is 0 Å². The lowest BCUT2D eigenvalue weighted by molar-refractivity contribution is -0.136. The second kappa shape index (κ2) is 7.01. The predicted octanol–water partition coefficient (Wildman–Crippen LogP) is 3.58. The SMILES string of the molecule is CCOC(=O)c1cccc(OCCCC(F)(F)F)c1. The standard InChI is InChI=1S/C13H15F3O3/c1-2-18-12(17)10-5-3-6-11(9-10)19-8-4-7-13(14,15)16/h3,5-6,9H,2,4,7-8H2,1H3. The van der Waals surface area contributed by atoms with Crippen LogP contribution in [0.5, 0.6) is 5.75 Å². The fraction of sp³-hybridized carbons (Fsp3) is 0.462. The Morgan fingerprint density at radius 3 is 2.68 bits per heavy atom. The number of rotatable bonds is 6. The molecule has 0 radical (unpaired) electrons. The van der Waals surface area contributed by atoms with E-state index in [1.54, 1.807) is 25.1 Å². The lowest BCUT2D eigenvalue weighted by Crippen LogP contribution is -2.10. The highest BCUT2D eigenvalue weighted by atomic mass is 19.4. The molecule has 0 fully saturated rings. The summed E-state index contributed by atoms with van der Waals surface area (Å²) < 4.78 is 45.7. The molecule has 1 aromatic carbocycles. The van der Waals surface area contributed by atoms with Crippen LogP contribution in [-0.2, 0) is 4.74 Å². The van der Waals surface area contributed by atoms with Crippen LogP contribution in [0, 0.1) is 0 Å². The second-order valence-corrected chi connectivity index (χ2v) is 3.82. The van der Waals surface area contributed by atoms with Crippen molar-refractivity contribution in [1.82, 2.24) is 0 Å². The highest BCUT2D eigenvalue weighted by Crippen LogP contribution is 2.21. The molecule has 19 heavy (non-hydrogen) atoms. The van der Waals surface area contributed by atoms with E-state index in [9.17, 15) is 18.0 Å². The van der Waals surface area contributed by atoms with Crippen LogP contribution < -0.4 is 4.74 Å². The monoisotopic (exact) mass is 276 g/mol. The van der Waals surface area contributed by atoms with Crippen molar-refractivity contribution in [2.45, 2.75) is 25.9 Å². The molecule has 106 valence electrons. The molecule has 0 aliphatic carbocycles. The minimum atomic E-state index is -4.17. The summed E-state index contributed by atoms with van der Waals surface area (Å²) in [5, 5.41) is 0. The molecular weight excluding hydrogens is 261 g/mol. The fourth-order valence-corrected chi connectivity index (χ4v) is 1.39. The number of hydrogen-bond acceptors (Lipinski definition) is 3. The quantitative estimate of drug-likeness (QED) is 0.588. The van der Waals surface area contributed by atoms with Gasteiger partial charge in [0.1, 0.15) is 5.75 Å². The number of carbonyl (C=O) groups excluding carboxylic acids is 1. The molecule has 0 saturated heterocycles. The van der Waals surface area contributed by atoms with E-state index < -0.39 is 18.6 Å². The minimum Gasteiger partial charge on any atom is -0.494 e. The summed E-state index contributed by atoms with van der Waals surface area (Å²) in [6, 6.07) is 6.17. The first-order valence-electron chi connectivity index (χ1n) is 5.89. The second-order valence-electron chi connectivity index (χ2n) is 3.82. The zero-order chi connectivity index (χ0) is 14.3. The zero-order valence-corrected chi connectivity index (χ0v) is 10.5. The molecule has 0 unspecified atom stereocenters. The van der Waals surface area contributed by atoms with Crippen LogP contribution in [0.15, 0.2) is 24.3 Å². The summed E-state index contributed by atoms with van der Waals surface area (Å²) in [7, 11) is 0. The number of alkyl halides is 3. The maximum Gasteiger partial charge on any atom is 0.389 e. The smallest absolute Gasteiger partial charge is 0.389 e. The van der Waals surface area contributed by atoms with E-state index in [0.29, 0.717) is 11.3 Å². The Labute approximate surface area is 109 Å². The van der Waals surface area contributed by atoms with Gasteiger partial charge in [0.25, 0.3) is 0 Å². The molecular formula is C13H15F3O3. The molecule has 0 heterocycles. The fourth-order valence-electron chi connectivity index (χ4n) is 1.39. The topological polar surface area (TPSA) is 35.5 Å². The highest BCUT2D eigenvalue weighted by Gasteiger charge is 2.26. The van der Waals surface area contributed by atoms with Gasteiger partial charge in [0.05, 0.1) is 18.8 Å². The molecule has 1 aromatic rings. The van der Waals surface area contributed by atoms with Crippen molar-refractivity contribution in [3.05, 3.63) is 29.8 Å².